The summed E-state index contributed by atoms with van der Waals surface area (Å²) in [5, 5.41) is 32.7. The van der Waals surface area contributed by atoms with Crippen molar-refractivity contribution >= 4 is 12.1 Å². The molecule has 8 nitrogen and oxygen atoms in total. The molecule has 0 spiro atoms. The third kappa shape index (κ3) is 5.13. The van der Waals surface area contributed by atoms with Crippen LogP contribution >= 0.6 is 0 Å². The SMILES string of the molecule is COc1ccc(C(O)C(O)CCNC(=O)OCC2c3ccccc3-c3ccccc32)cc1C(=O)O. The Morgan fingerprint density at radius 2 is 1.60 bits per heavy atom. The molecular formula is C27H27NO7. The lowest BCUT2D eigenvalue weighted by Crippen LogP contribution is -2.30. The number of fused-ring (bicyclic) bond motifs is 3. The van der Waals surface area contributed by atoms with E-state index in [4.69, 9.17) is 9.47 Å². The van der Waals surface area contributed by atoms with Gasteiger partial charge >= 0.3 is 12.1 Å². The minimum atomic E-state index is -1.33. The number of carboxylic acids is 1. The van der Waals surface area contributed by atoms with E-state index in [9.17, 15) is 24.9 Å². The quantitative estimate of drug-likeness (QED) is 0.370. The van der Waals surface area contributed by atoms with E-state index in [-0.39, 0.29) is 42.4 Å². The van der Waals surface area contributed by atoms with E-state index in [1.807, 2.05) is 36.4 Å². The lowest BCUT2D eigenvalue weighted by Gasteiger charge is -2.19. The molecule has 0 saturated heterocycles. The van der Waals surface area contributed by atoms with Gasteiger partial charge in [-0.2, -0.15) is 0 Å². The first-order valence-electron chi connectivity index (χ1n) is 11.3. The number of aliphatic hydroxyl groups excluding tert-OH is 2. The fraction of sp³-hybridized carbons (Fsp3) is 0.259. The summed E-state index contributed by atoms with van der Waals surface area (Å²) in [6, 6.07) is 20.3. The van der Waals surface area contributed by atoms with Crippen molar-refractivity contribution in [2.75, 3.05) is 20.3 Å². The van der Waals surface area contributed by atoms with Gasteiger partial charge in [0.2, 0.25) is 0 Å². The third-order valence-electron chi connectivity index (χ3n) is 6.21. The van der Waals surface area contributed by atoms with Gasteiger partial charge in [0.1, 0.15) is 24.0 Å². The Labute approximate surface area is 202 Å². The van der Waals surface area contributed by atoms with Crippen LogP contribution in [0.15, 0.2) is 66.7 Å². The number of carboxylic acid groups (broad SMARTS) is 1. The first-order valence-corrected chi connectivity index (χ1v) is 11.3. The largest absolute Gasteiger partial charge is 0.496 e. The number of rotatable bonds is 9. The van der Waals surface area contributed by atoms with Gasteiger partial charge in [-0.3, -0.25) is 0 Å². The average molecular weight is 478 g/mol. The summed E-state index contributed by atoms with van der Waals surface area (Å²) in [5.41, 5.74) is 4.61. The number of ether oxygens (including phenoxy) is 2. The van der Waals surface area contributed by atoms with Crippen LogP contribution in [0.25, 0.3) is 11.1 Å². The first kappa shape index (κ1) is 24.3. The van der Waals surface area contributed by atoms with Crippen LogP contribution in [0.5, 0.6) is 5.75 Å². The number of hydrogen-bond acceptors (Lipinski definition) is 6. The Morgan fingerprint density at radius 3 is 2.20 bits per heavy atom. The van der Waals surface area contributed by atoms with Crippen molar-refractivity contribution in [1.82, 2.24) is 5.32 Å². The minimum Gasteiger partial charge on any atom is -0.496 e. The molecule has 1 aliphatic rings. The Kier molecular flexibility index (Phi) is 7.33. The van der Waals surface area contributed by atoms with Crippen LogP contribution < -0.4 is 10.1 Å². The van der Waals surface area contributed by atoms with Crippen LogP contribution in [0.3, 0.4) is 0 Å². The molecule has 3 aromatic carbocycles. The Hall–Kier alpha value is -3.88. The number of methoxy groups -OCH3 is 1. The number of amides is 1. The smallest absolute Gasteiger partial charge is 0.407 e. The van der Waals surface area contributed by atoms with Crippen LogP contribution in [0.2, 0.25) is 0 Å². The van der Waals surface area contributed by atoms with E-state index in [2.05, 4.69) is 17.4 Å². The average Bonchev–Trinajstić information content (AvgIpc) is 3.20. The number of benzene rings is 3. The number of nitrogens with one attached hydrogen (secondary N) is 1. The van der Waals surface area contributed by atoms with Crippen LogP contribution in [0.1, 0.15) is 45.5 Å². The Bertz CT molecular complexity index is 1180. The summed E-state index contributed by atoms with van der Waals surface area (Å²) >= 11 is 0. The van der Waals surface area contributed by atoms with Gasteiger partial charge in [0.25, 0.3) is 0 Å². The highest BCUT2D eigenvalue weighted by molar-refractivity contribution is 5.91. The van der Waals surface area contributed by atoms with E-state index in [0.29, 0.717) is 0 Å². The highest BCUT2D eigenvalue weighted by Gasteiger charge is 2.29. The number of carbonyl (C=O) groups is 2. The predicted molar refractivity (Wildman–Crippen MR) is 129 cm³/mol. The molecule has 3 aromatic rings. The molecule has 0 aromatic heterocycles. The van der Waals surface area contributed by atoms with Crippen molar-refractivity contribution in [3.05, 3.63) is 89.0 Å². The molecule has 0 heterocycles. The molecule has 35 heavy (non-hydrogen) atoms. The molecule has 2 atom stereocenters. The van der Waals surface area contributed by atoms with E-state index < -0.39 is 24.3 Å². The van der Waals surface area contributed by atoms with E-state index in [1.54, 1.807) is 0 Å². The molecule has 8 heteroatoms. The molecule has 4 N–H and O–H groups in total. The second-order valence-electron chi connectivity index (χ2n) is 8.32. The zero-order valence-corrected chi connectivity index (χ0v) is 19.2. The molecule has 182 valence electrons. The number of hydrogen-bond donors (Lipinski definition) is 4. The molecule has 1 amide bonds. The maximum Gasteiger partial charge on any atom is 0.407 e. The van der Waals surface area contributed by atoms with Gasteiger partial charge < -0.3 is 30.1 Å². The standard InChI is InChI=1S/C27H27NO7/c1-34-24-11-10-16(14-21(24)26(31)32)25(30)23(29)12-13-28-27(33)35-15-22-19-8-4-2-6-17(19)18-7-3-5-9-20(18)22/h2-11,14,22-23,25,29-30H,12-13,15H2,1H3,(H,28,33)(H,31,32). The summed E-state index contributed by atoms with van der Waals surface area (Å²) < 4.78 is 10.5. The zero-order chi connectivity index (χ0) is 24.9. The molecule has 0 saturated carbocycles. The first-order chi connectivity index (χ1) is 16.9. The van der Waals surface area contributed by atoms with Crippen molar-refractivity contribution in [2.45, 2.75) is 24.5 Å². The number of aromatic carboxylic acids is 1. The van der Waals surface area contributed by atoms with Crippen molar-refractivity contribution in [2.24, 2.45) is 0 Å². The molecule has 0 radical (unpaired) electrons. The minimum absolute atomic E-state index is 0.0415. The van der Waals surface area contributed by atoms with Crippen LogP contribution in [0, 0.1) is 0 Å². The van der Waals surface area contributed by atoms with Gasteiger partial charge in [0.15, 0.2) is 0 Å². The fourth-order valence-electron chi connectivity index (χ4n) is 4.43. The predicted octanol–water partition coefficient (Wildman–Crippen LogP) is 3.72. The summed E-state index contributed by atoms with van der Waals surface area (Å²) in [6.07, 6.45) is -3.13. The van der Waals surface area contributed by atoms with Crippen LogP contribution in [0.4, 0.5) is 4.79 Å². The lowest BCUT2D eigenvalue weighted by atomic mass is 9.98. The summed E-state index contributed by atoms with van der Waals surface area (Å²) in [5.74, 6) is -1.11. The highest BCUT2D eigenvalue weighted by Crippen LogP contribution is 2.44. The van der Waals surface area contributed by atoms with Crippen LogP contribution in [-0.4, -0.2) is 53.7 Å². The van der Waals surface area contributed by atoms with Crippen molar-refractivity contribution in [3.63, 3.8) is 0 Å². The molecule has 4 rings (SSSR count). The molecular weight excluding hydrogens is 450 g/mol. The van der Waals surface area contributed by atoms with Crippen molar-refractivity contribution < 1.29 is 34.4 Å². The molecule has 2 unspecified atom stereocenters. The molecule has 0 aliphatic heterocycles. The maximum atomic E-state index is 12.3. The Balaban J connectivity index is 1.29. The number of carbonyl (C=O) groups excluding carboxylic acids is 1. The second kappa shape index (κ2) is 10.6. The van der Waals surface area contributed by atoms with Gasteiger partial charge in [0.05, 0.1) is 13.2 Å². The van der Waals surface area contributed by atoms with E-state index in [1.165, 1.54) is 25.3 Å². The highest BCUT2D eigenvalue weighted by atomic mass is 16.5. The summed E-state index contributed by atoms with van der Waals surface area (Å²) in [7, 11) is 1.35. The Morgan fingerprint density at radius 1 is 0.971 bits per heavy atom. The van der Waals surface area contributed by atoms with Gasteiger partial charge in [-0.1, -0.05) is 54.6 Å². The van der Waals surface area contributed by atoms with Gasteiger partial charge in [-0.15, -0.1) is 0 Å². The lowest BCUT2D eigenvalue weighted by molar-refractivity contribution is 0.0135. The van der Waals surface area contributed by atoms with E-state index in [0.717, 1.165) is 22.3 Å². The third-order valence-corrected chi connectivity index (χ3v) is 6.21. The van der Waals surface area contributed by atoms with E-state index >= 15 is 0 Å². The summed E-state index contributed by atoms with van der Waals surface area (Å²) in [4.78, 5) is 23.7. The number of alkyl carbamates (subject to hydrolysis) is 1. The molecule has 0 bridgehead atoms. The fourth-order valence-corrected chi connectivity index (χ4v) is 4.43. The normalized spacial score (nSPS) is 13.9. The van der Waals surface area contributed by atoms with Gasteiger partial charge in [-0.05, 0) is 46.4 Å². The maximum absolute atomic E-state index is 12.3. The van der Waals surface area contributed by atoms with Crippen molar-refractivity contribution in [3.8, 4) is 16.9 Å². The zero-order valence-electron chi connectivity index (χ0n) is 19.2. The van der Waals surface area contributed by atoms with Gasteiger partial charge in [-0.25, -0.2) is 9.59 Å². The topological polar surface area (TPSA) is 125 Å². The van der Waals surface area contributed by atoms with Crippen molar-refractivity contribution in [1.29, 1.82) is 0 Å². The molecule has 0 fully saturated rings. The van der Waals surface area contributed by atoms with Gasteiger partial charge in [0, 0.05) is 12.5 Å². The summed E-state index contributed by atoms with van der Waals surface area (Å²) in [6.45, 7) is 0.242. The second-order valence-corrected chi connectivity index (χ2v) is 8.32. The number of aliphatic hydroxyl groups is 2. The molecule has 1 aliphatic carbocycles. The monoisotopic (exact) mass is 477 g/mol. The van der Waals surface area contributed by atoms with Crippen LogP contribution in [-0.2, 0) is 4.74 Å².